The number of fused-ring (bicyclic) bond motifs is 2. The minimum Gasteiger partial charge on any atom is -0.444 e. The Morgan fingerprint density at radius 3 is 2.50 bits per heavy atom. The number of nitrogens with zero attached hydrogens (tertiary/aromatic N) is 6. The maximum atomic E-state index is 13.0. The number of amides is 1. The van der Waals surface area contributed by atoms with Crippen LogP contribution in [0, 0.1) is 5.41 Å². The second kappa shape index (κ2) is 11.8. The predicted octanol–water partition coefficient (Wildman–Crippen LogP) is 5.53. The van der Waals surface area contributed by atoms with Crippen molar-refractivity contribution in [3.05, 3.63) is 40.0 Å². The summed E-state index contributed by atoms with van der Waals surface area (Å²) < 4.78 is 20.2. The van der Waals surface area contributed by atoms with Crippen LogP contribution >= 0.6 is 15.9 Å². The first kappa shape index (κ1) is 29.7. The Kier molecular flexibility index (Phi) is 7.95. The Hall–Kier alpha value is -2.96. The number of ether oxygens (including phenoxy) is 3. The molecule has 1 N–H and O–H groups in total. The molecule has 236 valence electrons. The van der Waals surface area contributed by atoms with Gasteiger partial charge in [0.1, 0.15) is 10.2 Å². The van der Waals surface area contributed by atoms with E-state index >= 15 is 0 Å². The van der Waals surface area contributed by atoms with E-state index in [1.165, 1.54) is 11.1 Å². The molecule has 0 radical (unpaired) electrons. The highest BCUT2D eigenvalue weighted by atomic mass is 79.9. The lowest BCUT2D eigenvalue weighted by Crippen LogP contribution is -2.48. The Morgan fingerprint density at radius 2 is 1.77 bits per heavy atom. The molecule has 1 aromatic carbocycles. The molecule has 1 amide bonds. The minimum atomic E-state index is -0.556. The lowest BCUT2D eigenvalue weighted by molar-refractivity contribution is -0.0369. The van der Waals surface area contributed by atoms with Crippen molar-refractivity contribution in [2.75, 3.05) is 55.8 Å². The third kappa shape index (κ3) is 5.64. The molecule has 3 fully saturated rings. The number of aromatic nitrogens is 4. The molecule has 1 aliphatic carbocycles. The largest absolute Gasteiger partial charge is 0.444 e. The van der Waals surface area contributed by atoms with Crippen molar-refractivity contribution in [3.8, 4) is 0 Å². The molecule has 2 aromatic heterocycles. The van der Waals surface area contributed by atoms with Crippen LogP contribution in [0.1, 0.15) is 76.3 Å². The summed E-state index contributed by atoms with van der Waals surface area (Å²) in [6, 6.07) is 8.38. The molecule has 11 nitrogen and oxygen atoms in total. The summed E-state index contributed by atoms with van der Waals surface area (Å²) in [6.45, 7) is 10.9. The van der Waals surface area contributed by atoms with Crippen molar-refractivity contribution >= 4 is 44.8 Å². The molecule has 2 atom stereocenters. The Labute approximate surface area is 266 Å². The molecule has 0 bridgehead atoms. The average Bonchev–Trinajstić information content (AvgIpc) is 3.52. The number of carbonyl (C=O) groups is 1. The smallest absolute Gasteiger partial charge is 0.408 e. The van der Waals surface area contributed by atoms with E-state index in [-0.39, 0.29) is 23.8 Å². The zero-order valence-electron chi connectivity index (χ0n) is 25.9. The predicted molar refractivity (Wildman–Crippen MR) is 171 cm³/mol. The number of anilines is 2. The van der Waals surface area contributed by atoms with E-state index in [9.17, 15) is 4.79 Å². The van der Waals surface area contributed by atoms with E-state index in [0.29, 0.717) is 13.2 Å². The molecule has 1 spiro atoms. The van der Waals surface area contributed by atoms with Gasteiger partial charge in [0.2, 0.25) is 0 Å². The van der Waals surface area contributed by atoms with Gasteiger partial charge in [-0.1, -0.05) is 24.3 Å². The summed E-state index contributed by atoms with van der Waals surface area (Å²) in [5.41, 5.74) is 3.40. The van der Waals surface area contributed by atoms with Gasteiger partial charge in [-0.2, -0.15) is 0 Å². The van der Waals surface area contributed by atoms with Crippen molar-refractivity contribution in [2.45, 2.75) is 77.2 Å². The van der Waals surface area contributed by atoms with Crippen molar-refractivity contribution in [1.29, 1.82) is 0 Å². The van der Waals surface area contributed by atoms with E-state index in [1.54, 1.807) is 0 Å². The number of benzene rings is 1. The van der Waals surface area contributed by atoms with Crippen LogP contribution in [0.2, 0.25) is 0 Å². The zero-order chi connectivity index (χ0) is 30.5. The third-order valence-electron chi connectivity index (χ3n) is 9.43. The van der Waals surface area contributed by atoms with Crippen molar-refractivity contribution < 1.29 is 19.0 Å². The van der Waals surface area contributed by atoms with Crippen LogP contribution in [0.5, 0.6) is 0 Å². The molecule has 3 aromatic rings. The van der Waals surface area contributed by atoms with Gasteiger partial charge in [0.15, 0.2) is 29.0 Å². The molecular formula is C32H42BrN7O4. The van der Waals surface area contributed by atoms with Crippen molar-refractivity contribution in [3.63, 3.8) is 0 Å². The highest BCUT2D eigenvalue weighted by Gasteiger charge is 2.49. The SMILES string of the molecule is CC(C)(C)OC(=O)N[C@@H]1c2ccccc2CC12CCN(c1nc3c(nc1Br)c(N1CCOCC1)nn3C1CCCCO1)CC2. The van der Waals surface area contributed by atoms with Crippen LogP contribution < -0.4 is 15.1 Å². The van der Waals surface area contributed by atoms with E-state index in [1.807, 2.05) is 25.5 Å². The van der Waals surface area contributed by atoms with Gasteiger partial charge in [-0.3, -0.25) is 0 Å². The van der Waals surface area contributed by atoms with Crippen LogP contribution in [-0.4, -0.2) is 77.4 Å². The number of halogens is 1. The zero-order valence-corrected chi connectivity index (χ0v) is 27.4. The van der Waals surface area contributed by atoms with Gasteiger partial charge in [0.05, 0.1) is 19.3 Å². The van der Waals surface area contributed by atoms with E-state index < -0.39 is 5.60 Å². The number of rotatable bonds is 4. The van der Waals surface area contributed by atoms with E-state index in [4.69, 9.17) is 29.3 Å². The molecule has 44 heavy (non-hydrogen) atoms. The first-order valence-corrected chi connectivity index (χ1v) is 16.7. The summed E-state index contributed by atoms with van der Waals surface area (Å²) in [4.78, 5) is 27.9. The standard InChI is InChI=1S/C32H42BrN7O4/c1-31(2,3)44-30(41)35-25-22-9-5-4-8-21(22)20-32(25)11-13-38(14-12-32)29-26(33)34-24-27(36-29)40(23-10-6-7-17-43-23)37-28(24)39-15-18-42-19-16-39/h4-5,8-9,23,25H,6-7,10-20H2,1-3H3,(H,35,41)/t23?,25-/m1/s1. The molecular weight excluding hydrogens is 626 g/mol. The Bertz CT molecular complexity index is 1520. The third-order valence-corrected chi connectivity index (χ3v) is 9.96. The minimum absolute atomic E-state index is 0.0949. The van der Waals surface area contributed by atoms with Crippen molar-refractivity contribution in [1.82, 2.24) is 25.1 Å². The lowest BCUT2D eigenvalue weighted by Gasteiger charge is -2.44. The molecule has 3 saturated heterocycles. The first-order valence-electron chi connectivity index (χ1n) is 15.9. The number of carbonyl (C=O) groups excluding carboxylic acids is 1. The lowest BCUT2D eigenvalue weighted by atomic mass is 9.72. The van der Waals surface area contributed by atoms with Gasteiger partial charge < -0.3 is 29.3 Å². The fourth-order valence-electron chi connectivity index (χ4n) is 7.28. The molecule has 5 heterocycles. The van der Waals surface area contributed by atoms with Crippen LogP contribution in [0.4, 0.5) is 16.4 Å². The maximum Gasteiger partial charge on any atom is 0.408 e. The van der Waals surface area contributed by atoms with Crippen LogP contribution in [0.15, 0.2) is 28.9 Å². The number of alkyl carbamates (subject to hydrolysis) is 1. The molecule has 12 heteroatoms. The number of hydrogen-bond acceptors (Lipinski definition) is 9. The normalized spacial score (nSPS) is 23.6. The first-order chi connectivity index (χ1) is 21.2. The van der Waals surface area contributed by atoms with Crippen LogP contribution in [-0.2, 0) is 20.6 Å². The fraction of sp³-hybridized carbons (Fsp3) is 0.625. The molecule has 3 aliphatic heterocycles. The number of nitrogens with one attached hydrogen (secondary N) is 1. The second-order valence-electron chi connectivity index (χ2n) is 13.5. The summed E-state index contributed by atoms with van der Waals surface area (Å²) in [5.74, 6) is 1.67. The van der Waals surface area contributed by atoms with Gasteiger partial charge in [0, 0.05) is 38.2 Å². The quantitative estimate of drug-likeness (QED) is 0.384. The number of morpholine rings is 1. The fourth-order valence-corrected chi connectivity index (χ4v) is 7.80. The van der Waals surface area contributed by atoms with Gasteiger partial charge in [-0.25, -0.2) is 19.4 Å². The average molecular weight is 669 g/mol. The number of piperidine rings is 1. The van der Waals surface area contributed by atoms with Gasteiger partial charge in [0.25, 0.3) is 0 Å². The van der Waals surface area contributed by atoms with Crippen molar-refractivity contribution in [2.24, 2.45) is 5.41 Å². The maximum absolute atomic E-state index is 13.0. The monoisotopic (exact) mass is 667 g/mol. The van der Waals surface area contributed by atoms with Gasteiger partial charge in [-0.05, 0) is 86.4 Å². The molecule has 0 saturated carbocycles. The summed E-state index contributed by atoms with van der Waals surface area (Å²) in [5, 5.41) is 8.32. The Morgan fingerprint density at radius 1 is 1.02 bits per heavy atom. The number of hydrogen-bond donors (Lipinski definition) is 1. The van der Waals surface area contributed by atoms with E-state index in [0.717, 1.165) is 98.7 Å². The van der Waals surface area contributed by atoms with Crippen LogP contribution in [0.25, 0.3) is 11.2 Å². The topological polar surface area (TPSA) is 107 Å². The van der Waals surface area contributed by atoms with E-state index in [2.05, 4.69) is 55.3 Å². The second-order valence-corrected chi connectivity index (χ2v) is 14.3. The molecule has 1 unspecified atom stereocenters. The summed E-state index contributed by atoms with van der Waals surface area (Å²) >= 11 is 3.79. The molecule has 7 rings (SSSR count). The Balaban J connectivity index is 1.17. The molecule has 4 aliphatic rings. The highest BCUT2D eigenvalue weighted by molar-refractivity contribution is 9.10. The van der Waals surface area contributed by atoms with Gasteiger partial charge in [-0.15, -0.1) is 5.10 Å². The summed E-state index contributed by atoms with van der Waals surface area (Å²) in [7, 11) is 0. The highest BCUT2D eigenvalue weighted by Crippen LogP contribution is 2.52. The summed E-state index contributed by atoms with van der Waals surface area (Å²) in [6.07, 6.45) is 5.29. The van der Waals surface area contributed by atoms with Crippen LogP contribution in [0.3, 0.4) is 0 Å². The van der Waals surface area contributed by atoms with Gasteiger partial charge >= 0.3 is 6.09 Å².